The zero-order valence-corrected chi connectivity index (χ0v) is 12.3. The van der Waals surface area contributed by atoms with Crippen LogP contribution in [0.25, 0.3) is 0 Å². The van der Waals surface area contributed by atoms with Crippen molar-refractivity contribution < 1.29 is 14.4 Å². The van der Waals surface area contributed by atoms with Gasteiger partial charge in [0.05, 0.1) is 5.56 Å². The molecule has 1 aromatic rings. The second-order valence-corrected chi connectivity index (χ2v) is 5.88. The lowest BCUT2D eigenvalue weighted by molar-refractivity contribution is -0.136. The van der Waals surface area contributed by atoms with E-state index in [1.54, 1.807) is 0 Å². The molecule has 21 heavy (non-hydrogen) atoms. The number of hydrogen-bond donors (Lipinski definition) is 4. The first kappa shape index (κ1) is 15.5. The number of anilines is 1. The highest BCUT2D eigenvalue weighted by molar-refractivity contribution is 7.17. The van der Waals surface area contributed by atoms with E-state index in [1.807, 2.05) is 0 Å². The highest BCUT2D eigenvalue weighted by Gasteiger charge is 2.26. The van der Waals surface area contributed by atoms with Gasteiger partial charge in [-0.15, -0.1) is 11.3 Å². The Kier molecular flexibility index (Phi) is 4.92. The third-order valence-electron chi connectivity index (χ3n) is 3.28. The van der Waals surface area contributed by atoms with Crippen molar-refractivity contribution in [3.05, 3.63) is 16.0 Å². The third-order valence-corrected chi connectivity index (χ3v) is 4.49. The van der Waals surface area contributed by atoms with Crippen LogP contribution < -0.4 is 22.1 Å². The van der Waals surface area contributed by atoms with Gasteiger partial charge in [0.1, 0.15) is 5.00 Å². The average Bonchev–Trinajstić information content (AvgIpc) is 2.82. The van der Waals surface area contributed by atoms with E-state index < -0.39 is 17.7 Å². The molecule has 0 aliphatic heterocycles. The highest BCUT2D eigenvalue weighted by atomic mass is 32.1. The fourth-order valence-corrected chi connectivity index (χ4v) is 3.63. The Bertz CT molecular complexity index is 582. The van der Waals surface area contributed by atoms with Crippen molar-refractivity contribution in [2.24, 2.45) is 11.5 Å². The summed E-state index contributed by atoms with van der Waals surface area (Å²) in [6.45, 7) is 0.467. The van der Waals surface area contributed by atoms with Crippen LogP contribution in [0.5, 0.6) is 0 Å². The Morgan fingerprint density at radius 2 is 1.86 bits per heavy atom. The lowest BCUT2D eigenvalue weighted by atomic mass is 9.95. The molecule has 1 aromatic heterocycles. The molecule has 1 aliphatic carbocycles. The molecule has 0 saturated heterocycles. The van der Waals surface area contributed by atoms with Crippen molar-refractivity contribution in [1.29, 1.82) is 0 Å². The van der Waals surface area contributed by atoms with Gasteiger partial charge in [0.2, 0.25) is 0 Å². The second-order valence-electron chi connectivity index (χ2n) is 4.78. The number of hydrogen-bond acceptors (Lipinski definition) is 5. The Labute approximate surface area is 126 Å². The first-order valence-electron chi connectivity index (χ1n) is 6.78. The standard InChI is InChI=1S/C13H18N4O3S/c14-5-6-16-11(19)12(20)17-13-9(10(15)18)7-3-1-2-4-8(7)21-13/h1-6,14H2,(H2,15,18)(H,16,19)(H,17,20). The monoisotopic (exact) mass is 310 g/mol. The van der Waals surface area contributed by atoms with Gasteiger partial charge in [0, 0.05) is 18.0 Å². The van der Waals surface area contributed by atoms with E-state index in [2.05, 4.69) is 10.6 Å². The van der Waals surface area contributed by atoms with E-state index in [-0.39, 0.29) is 13.1 Å². The predicted octanol–water partition coefficient (Wildman–Crippen LogP) is -0.261. The van der Waals surface area contributed by atoms with Crippen molar-refractivity contribution in [2.45, 2.75) is 25.7 Å². The molecule has 7 nitrogen and oxygen atoms in total. The number of rotatable bonds is 4. The molecule has 1 heterocycles. The molecule has 0 radical (unpaired) electrons. The summed E-state index contributed by atoms with van der Waals surface area (Å²) in [5, 5.41) is 5.22. The zero-order valence-electron chi connectivity index (χ0n) is 11.5. The number of carbonyl (C=O) groups is 3. The van der Waals surface area contributed by atoms with E-state index in [0.717, 1.165) is 36.1 Å². The molecule has 2 rings (SSSR count). The van der Waals surface area contributed by atoms with Crippen molar-refractivity contribution in [3.63, 3.8) is 0 Å². The highest BCUT2D eigenvalue weighted by Crippen LogP contribution is 2.37. The maximum absolute atomic E-state index is 11.8. The average molecular weight is 310 g/mol. The number of nitrogens with one attached hydrogen (secondary N) is 2. The predicted molar refractivity (Wildman–Crippen MR) is 80.2 cm³/mol. The van der Waals surface area contributed by atoms with Crippen LogP contribution in [-0.2, 0) is 22.4 Å². The quantitative estimate of drug-likeness (QED) is 0.571. The van der Waals surface area contributed by atoms with Crippen LogP contribution >= 0.6 is 11.3 Å². The topological polar surface area (TPSA) is 127 Å². The molecule has 6 N–H and O–H groups in total. The molecule has 114 valence electrons. The van der Waals surface area contributed by atoms with Crippen molar-refractivity contribution in [1.82, 2.24) is 5.32 Å². The van der Waals surface area contributed by atoms with Gasteiger partial charge in [-0.2, -0.15) is 0 Å². The van der Waals surface area contributed by atoms with Crippen LogP contribution in [0.4, 0.5) is 5.00 Å². The summed E-state index contributed by atoms with van der Waals surface area (Å²) < 4.78 is 0. The molecular formula is C13H18N4O3S. The molecular weight excluding hydrogens is 292 g/mol. The molecule has 1 aliphatic rings. The van der Waals surface area contributed by atoms with Crippen LogP contribution in [0.15, 0.2) is 0 Å². The number of carbonyl (C=O) groups excluding carboxylic acids is 3. The molecule has 0 aromatic carbocycles. The first-order valence-corrected chi connectivity index (χ1v) is 7.59. The van der Waals surface area contributed by atoms with Gasteiger partial charge >= 0.3 is 11.8 Å². The second kappa shape index (κ2) is 6.68. The molecule has 0 unspecified atom stereocenters. The normalized spacial score (nSPS) is 13.4. The Balaban J connectivity index is 2.20. The molecule has 8 heteroatoms. The van der Waals surface area contributed by atoms with Gasteiger partial charge in [-0.3, -0.25) is 14.4 Å². The molecule has 0 atom stereocenters. The summed E-state index contributed by atoms with van der Waals surface area (Å²) >= 11 is 1.32. The van der Waals surface area contributed by atoms with Crippen LogP contribution in [0.3, 0.4) is 0 Å². The number of thiophene rings is 1. The number of aryl methyl sites for hydroxylation is 1. The van der Waals surface area contributed by atoms with Gasteiger partial charge in [-0.1, -0.05) is 0 Å². The van der Waals surface area contributed by atoms with Crippen molar-refractivity contribution >= 4 is 34.1 Å². The van der Waals surface area contributed by atoms with Crippen molar-refractivity contribution in [2.75, 3.05) is 18.4 Å². The summed E-state index contributed by atoms with van der Waals surface area (Å²) in [5.74, 6) is -2.17. The summed E-state index contributed by atoms with van der Waals surface area (Å²) in [6.07, 6.45) is 3.69. The lowest BCUT2D eigenvalue weighted by Gasteiger charge is -2.11. The Morgan fingerprint density at radius 3 is 2.52 bits per heavy atom. The zero-order chi connectivity index (χ0) is 15.4. The Hall–Kier alpha value is -1.93. The van der Waals surface area contributed by atoms with Crippen LogP contribution in [0.1, 0.15) is 33.6 Å². The Morgan fingerprint density at radius 1 is 1.14 bits per heavy atom. The van der Waals surface area contributed by atoms with Gasteiger partial charge in [-0.05, 0) is 31.2 Å². The first-order chi connectivity index (χ1) is 10.0. The summed E-state index contributed by atoms with van der Waals surface area (Å²) in [4.78, 5) is 36.0. The number of primary amides is 1. The smallest absolute Gasteiger partial charge is 0.314 e. The molecule has 0 saturated carbocycles. The van der Waals surface area contributed by atoms with Gasteiger partial charge in [0.15, 0.2) is 0 Å². The van der Waals surface area contributed by atoms with Crippen LogP contribution in [0.2, 0.25) is 0 Å². The van der Waals surface area contributed by atoms with Gasteiger partial charge < -0.3 is 22.1 Å². The minimum Gasteiger partial charge on any atom is -0.365 e. The summed E-state index contributed by atoms with van der Waals surface area (Å²) in [7, 11) is 0. The minimum atomic E-state index is -0.815. The van der Waals surface area contributed by atoms with E-state index in [4.69, 9.17) is 11.5 Å². The lowest BCUT2D eigenvalue weighted by Crippen LogP contribution is -2.38. The maximum atomic E-state index is 11.8. The fourth-order valence-electron chi connectivity index (χ4n) is 2.34. The largest absolute Gasteiger partial charge is 0.365 e. The molecule has 0 fully saturated rings. The van der Waals surface area contributed by atoms with Gasteiger partial charge in [-0.25, -0.2) is 0 Å². The SMILES string of the molecule is NCCNC(=O)C(=O)Nc1sc2c(c1C(N)=O)CCCC2. The van der Waals surface area contributed by atoms with Crippen LogP contribution in [-0.4, -0.2) is 30.8 Å². The number of nitrogens with two attached hydrogens (primary N) is 2. The minimum absolute atomic E-state index is 0.218. The molecule has 3 amide bonds. The van der Waals surface area contributed by atoms with E-state index in [0.29, 0.717) is 10.6 Å². The third kappa shape index (κ3) is 3.40. The number of amides is 3. The van der Waals surface area contributed by atoms with Crippen molar-refractivity contribution in [3.8, 4) is 0 Å². The van der Waals surface area contributed by atoms with Crippen LogP contribution in [0, 0.1) is 0 Å². The van der Waals surface area contributed by atoms with E-state index >= 15 is 0 Å². The summed E-state index contributed by atoms with van der Waals surface area (Å²) in [6, 6.07) is 0. The fraction of sp³-hybridized carbons (Fsp3) is 0.462. The molecule has 0 bridgehead atoms. The maximum Gasteiger partial charge on any atom is 0.314 e. The molecule has 0 spiro atoms. The van der Waals surface area contributed by atoms with Gasteiger partial charge in [0.25, 0.3) is 5.91 Å². The van der Waals surface area contributed by atoms with E-state index in [1.165, 1.54) is 11.3 Å². The number of fused-ring (bicyclic) bond motifs is 1. The summed E-state index contributed by atoms with van der Waals surface area (Å²) in [5.41, 5.74) is 11.9. The van der Waals surface area contributed by atoms with E-state index in [9.17, 15) is 14.4 Å².